The summed E-state index contributed by atoms with van der Waals surface area (Å²) in [6.07, 6.45) is -1.20. The van der Waals surface area contributed by atoms with Gasteiger partial charge in [-0.15, -0.1) is 6.58 Å². The van der Waals surface area contributed by atoms with E-state index < -0.39 is 47.2 Å². The van der Waals surface area contributed by atoms with Gasteiger partial charge in [-0.2, -0.15) is 0 Å². The Hall–Kier alpha value is -2.17. The van der Waals surface area contributed by atoms with Crippen molar-refractivity contribution >= 4 is 23.0 Å². The number of amidine groups is 1. The van der Waals surface area contributed by atoms with Crippen LogP contribution in [0.15, 0.2) is 41.9 Å². The molecule has 0 saturated carbocycles. The van der Waals surface area contributed by atoms with Crippen LogP contribution in [-0.2, 0) is 20.6 Å². The molecule has 1 fully saturated rings. The molecule has 1 aromatic rings. The number of ether oxygens (including phenoxy) is 4. The number of hydrogen-bond acceptors (Lipinski definition) is 7. The van der Waals surface area contributed by atoms with Crippen LogP contribution in [0.5, 0.6) is 5.75 Å². The lowest BCUT2D eigenvalue weighted by molar-refractivity contribution is -0.217. The normalized spacial score (nSPS) is 26.1. The number of carbonyl (C=O) groups excluding carboxylic acids is 1. The average molecular weight is 527 g/mol. The number of thioether (sulfide) groups is 1. The summed E-state index contributed by atoms with van der Waals surface area (Å²) in [7, 11) is 3.10. The molecule has 5 atom stereocenters. The molecule has 2 heterocycles. The van der Waals surface area contributed by atoms with Gasteiger partial charge in [0.2, 0.25) is 0 Å². The summed E-state index contributed by atoms with van der Waals surface area (Å²) in [5.74, 6) is -3.08. The van der Waals surface area contributed by atoms with Crippen LogP contribution in [0.25, 0.3) is 0 Å². The highest BCUT2D eigenvalue weighted by molar-refractivity contribution is 8.14. The molecular weight excluding hydrogens is 490 g/mol. The highest BCUT2D eigenvalue weighted by Crippen LogP contribution is 2.45. The number of amides is 1. The zero-order valence-electron chi connectivity index (χ0n) is 21.7. The van der Waals surface area contributed by atoms with Crippen molar-refractivity contribution in [1.29, 1.82) is 0 Å². The fraction of sp³-hybridized carbons (Fsp3) is 0.615. The minimum absolute atomic E-state index is 0.187. The number of methoxy groups -OCH3 is 1. The van der Waals surface area contributed by atoms with Crippen molar-refractivity contribution in [1.82, 2.24) is 4.90 Å². The average Bonchev–Trinajstić information content (AvgIpc) is 3.24. The molecule has 7 nitrogen and oxygen atoms in total. The van der Waals surface area contributed by atoms with Gasteiger partial charge in [0, 0.05) is 19.4 Å². The van der Waals surface area contributed by atoms with E-state index in [4.69, 9.17) is 18.9 Å². The highest BCUT2D eigenvalue weighted by Gasteiger charge is 2.56. The lowest BCUT2D eigenvalue weighted by atomic mass is 9.85. The first-order valence-corrected chi connectivity index (χ1v) is 12.8. The van der Waals surface area contributed by atoms with E-state index in [0.29, 0.717) is 10.9 Å². The van der Waals surface area contributed by atoms with Crippen molar-refractivity contribution in [3.63, 3.8) is 0 Å². The van der Waals surface area contributed by atoms with Crippen molar-refractivity contribution in [2.75, 3.05) is 20.8 Å². The maximum Gasteiger partial charge on any atom is 0.416 e. The van der Waals surface area contributed by atoms with Crippen molar-refractivity contribution in [3.8, 4) is 5.75 Å². The maximum atomic E-state index is 15.6. The number of carbonyl (C=O) groups is 1. The number of nitrogens with zero attached hydrogens (tertiary/aromatic N) is 2. The topological polar surface area (TPSA) is 69.6 Å². The van der Waals surface area contributed by atoms with Gasteiger partial charge in [-0.25, -0.2) is 13.6 Å². The molecule has 1 amide bonds. The van der Waals surface area contributed by atoms with E-state index in [1.54, 1.807) is 72.2 Å². The zero-order chi connectivity index (χ0) is 26.7. The zero-order valence-corrected chi connectivity index (χ0v) is 22.5. The third-order valence-corrected chi connectivity index (χ3v) is 7.27. The number of fused-ring (bicyclic) bond motifs is 1. The van der Waals surface area contributed by atoms with Crippen molar-refractivity contribution in [3.05, 3.63) is 42.5 Å². The van der Waals surface area contributed by atoms with E-state index in [2.05, 4.69) is 11.6 Å². The second kappa shape index (κ2) is 11.5. The van der Waals surface area contributed by atoms with Gasteiger partial charge >= 0.3 is 6.09 Å². The number of hydrogen-bond donors (Lipinski definition) is 0. The lowest BCUT2D eigenvalue weighted by Gasteiger charge is -2.44. The molecule has 36 heavy (non-hydrogen) atoms. The van der Waals surface area contributed by atoms with Gasteiger partial charge in [0.1, 0.15) is 28.9 Å². The van der Waals surface area contributed by atoms with Crippen LogP contribution < -0.4 is 4.74 Å². The van der Waals surface area contributed by atoms with Gasteiger partial charge in [-0.1, -0.05) is 36.9 Å². The number of halogens is 2. The summed E-state index contributed by atoms with van der Waals surface area (Å²) in [4.78, 5) is 18.5. The Kier molecular flexibility index (Phi) is 9.06. The summed E-state index contributed by atoms with van der Waals surface area (Å²) in [5.41, 5.74) is -0.608. The summed E-state index contributed by atoms with van der Waals surface area (Å²) >= 11 is 1.13. The second-order valence-electron chi connectivity index (χ2n) is 10.0. The Morgan fingerprint density at radius 3 is 2.53 bits per heavy atom. The first-order chi connectivity index (χ1) is 16.9. The Morgan fingerprint density at radius 2 is 1.94 bits per heavy atom. The number of alkyl halides is 2. The highest BCUT2D eigenvalue weighted by atomic mass is 32.2. The monoisotopic (exact) mass is 526 g/mol. The van der Waals surface area contributed by atoms with E-state index in [0.717, 1.165) is 17.3 Å². The Bertz CT molecular complexity index is 951. The first kappa shape index (κ1) is 28.4. The molecule has 2 aliphatic heterocycles. The molecule has 0 unspecified atom stereocenters. The molecule has 3 rings (SSSR count). The fourth-order valence-electron chi connectivity index (χ4n) is 4.21. The molecule has 0 N–H and O–H groups in total. The largest absolute Gasteiger partial charge is 0.497 e. The number of aliphatic imine (C=N–C) groups is 1. The smallest absolute Gasteiger partial charge is 0.416 e. The molecule has 0 radical (unpaired) electrons. The summed E-state index contributed by atoms with van der Waals surface area (Å²) in [6, 6.07) is 6.54. The van der Waals surface area contributed by atoms with Crippen LogP contribution in [-0.4, -0.2) is 72.1 Å². The van der Waals surface area contributed by atoms with E-state index in [1.165, 1.54) is 4.90 Å². The first-order valence-electron chi connectivity index (χ1n) is 12.0. The van der Waals surface area contributed by atoms with Crippen molar-refractivity contribution in [2.45, 2.75) is 75.7 Å². The number of aryl methyl sites for hydroxylation is 1. The molecule has 0 bridgehead atoms. The molecule has 0 aliphatic carbocycles. The fourth-order valence-corrected chi connectivity index (χ4v) is 5.37. The van der Waals surface area contributed by atoms with E-state index in [1.807, 2.05) is 0 Å². The molecule has 2 aliphatic rings. The molecule has 200 valence electrons. The predicted octanol–water partition coefficient (Wildman–Crippen LogP) is 5.53. The minimum atomic E-state index is -3.11. The van der Waals surface area contributed by atoms with E-state index >= 15 is 8.78 Å². The minimum Gasteiger partial charge on any atom is -0.497 e. The molecule has 0 spiro atoms. The van der Waals surface area contributed by atoms with Crippen LogP contribution in [0.3, 0.4) is 0 Å². The molecular formula is C26H36F2N2O5S. The lowest BCUT2D eigenvalue weighted by Crippen LogP contribution is -2.57. The van der Waals surface area contributed by atoms with Gasteiger partial charge in [0.05, 0.1) is 19.8 Å². The standard InChI is InChI=1S/C26H36F2N2O5S/c1-8-15-33-20-16(2)21(26(27,28)14-13-17-9-11-18(32-7)12-10-17)34-22-19(20)29-23(36-22)30(6)24(31)35-25(3,4)5/h8-12,16,19-22H,1,13-15H2,2-7H3/t16-,19+,20-,21-,22+/m0/s1. The van der Waals surface area contributed by atoms with Crippen LogP contribution in [0, 0.1) is 5.92 Å². The summed E-state index contributed by atoms with van der Waals surface area (Å²) in [5, 5.41) is 0.348. The third kappa shape index (κ3) is 6.77. The molecule has 10 heteroatoms. The van der Waals surface area contributed by atoms with Gasteiger partial charge in [0.15, 0.2) is 5.17 Å². The molecule has 1 saturated heterocycles. The SMILES string of the molecule is C=CCO[C@H]1[C@H](C)[C@@H](C(F)(F)CCc2ccc(OC)cc2)O[C@@H]2SC(N(C)C(=O)OC(C)(C)C)=N[C@H]12. The van der Waals surface area contributed by atoms with Gasteiger partial charge in [-0.05, 0) is 44.9 Å². The van der Waals surface area contributed by atoms with Crippen molar-refractivity contribution in [2.24, 2.45) is 10.9 Å². The summed E-state index contributed by atoms with van der Waals surface area (Å²) in [6.45, 7) is 10.9. The number of benzene rings is 1. The van der Waals surface area contributed by atoms with Crippen LogP contribution >= 0.6 is 11.8 Å². The summed E-state index contributed by atoms with van der Waals surface area (Å²) < 4.78 is 53.6. The number of rotatable bonds is 8. The predicted molar refractivity (Wildman–Crippen MR) is 137 cm³/mol. The van der Waals surface area contributed by atoms with E-state index in [9.17, 15) is 4.79 Å². The molecule has 1 aromatic carbocycles. The van der Waals surface area contributed by atoms with E-state index in [-0.39, 0.29) is 19.4 Å². The second-order valence-corrected chi connectivity index (χ2v) is 11.1. The van der Waals surface area contributed by atoms with Crippen LogP contribution in [0.4, 0.5) is 13.6 Å². The quantitative estimate of drug-likeness (QED) is 0.415. The Labute approximate surface area is 216 Å². The molecule has 0 aromatic heterocycles. The van der Waals surface area contributed by atoms with Gasteiger partial charge in [-0.3, -0.25) is 9.89 Å². The Morgan fingerprint density at radius 1 is 1.28 bits per heavy atom. The van der Waals surface area contributed by atoms with Crippen LogP contribution in [0.1, 0.15) is 39.7 Å². The van der Waals surface area contributed by atoms with Gasteiger partial charge < -0.3 is 18.9 Å². The Balaban J connectivity index is 1.75. The van der Waals surface area contributed by atoms with Crippen molar-refractivity contribution < 1.29 is 32.5 Å². The van der Waals surface area contributed by atoms with Gasteiger partial charge in [0.25, 0.3) is 5.92 Å². The maximum absolute atomic E-state index is 15.6. The third-order valence-electron chi connectivity index (χ3n) is 6.06. The van der Waals surface area contributed by atoms with Crippen LogP contribution in [0.2, 0.25) is 0 Å².